The Bertz CT molecular complexity index is 813. The lowest BCUT2D eigenvalue weighted by Gasteiger charge is -2.14. The molecule has 0 radical (unpaired) electrons. The van der Waals surface area contributed by atoms with Gasteiger partial charge in [0, 0.05) is 13.1 Å². The highest BCUT2D eigenvalue weighted by molar-refractivity contribution is 5.86. The number of benzene rings is 2. The van der Waals surface area contributed by atoms with E-state index in [-0.39, 0.29) is 24.8 Å². The van der Waals surface area contributed by atoms with Crippen LogP contribution in [0.1, 0.15) is 18.4 Å². The highest BCUT2D eigenvalue weighted by Gasteiger charge is 2.19. The van der Waals surface area contributed by atoms with E-state index in [0.29, 0.717) is 19.5 Å². The molecule has 0 spiro atoms. The number of hydrogen-bond acceptors (Lipinski definition) is 4. The largest absolute Gasteiger partial charge is 0.480 e. The van der Waals surface area contributed by atoms with Gasteiger partial charge in [-0.1, -0.05) is 42.5 Å². The van der Waals surface area contributed by atoms with Gasteiger partial charge in [0.2, 0.25) is 5.91 Å². The van der Waals surface area contributed by atoms with E-state index in [0.717, 1.165) is 16.3 Å². The summed E-state index contributed by atoms with van der Waals surface area (Å²) in [6, 6.07) is 13.0. The molecule has 7 N–H and O–H groups in total. The summed E-state index contributed by atoms with van der Waals surface area (Å²) in [5.74, 6) is -1.49. The van der Waals surface area contributed by atoms with E-state index in [2.05, 4.69) is 15.6 Å². The lowest BCUT2D eigenvalue weighted by molar-refractivity contribution is -0.141. The van der Waals surface area contributed by atoms with Gasteiger partial charge in [0.05, 0.1) is 6.54 Å². The van der Waals surface area contributed by atoms with E-state index >= 15 is 0 Å². The molecule has 1 unspecified atom stereocenters. The molecule has 2 aromatic rings. The molecule has 0 aromatic heterocycles. The molecule has 0 heterocycles. The minimum Gasteiger partial charge on any atom is -0.480 e. The molecule has 8 nitrogen and oxygen atoms in total. The first kappa shape index (κ1) is 20.2. The van der Waals surface area contributed by atoms with Gasteiger partial charge in [-0.15, -0.1) is 0 Å². The van der Waals surface area contributed by atoms with Crippen molar-refractivity contribution in [3.63, 3.8) is 0 Å². The summed E-state index contributed by atoms with van der Waals surface area (Å²) in [4.78, 5) is 27.1. The molecule has 0 saturated heterocycles. The van der Waals surface area contributed by atoms with Gasteiger partial charge in [0.1, 0.15) is 6.04 Å². The Morgan fingerprint density at radius 2 is 1.85 bits per heavy atom. The molecule has 0 aliphatic rings. The van der Waals surface area contributed by atoms with Crippen molar-refractivity contribution >= 4 is 28.6 Å². The zero-order valence-corrected chi connectivity index (χ0v) is 15.0. The number of nitrogens with two attached hydrogens (primary N) is 2. The quantitative estimate of drug-likeness (QED) is 0.234. The van der Waals surface area contributed by atoms with Gasteiger partial charge in [0.25, 0.3) is 0 Å². The topological polar surface area (TPSA) is 143 Å². The summed E-state index contributed by atoms with van der Waals surface area (Å²) in [7, 11) is 0. The number of carboxylic acid groups (broad SMARTS) is 1. The second-order valence-electron chi connectivity index (χ2n) is 6.15. The molecule has 27 heavy (non-hydrogen) atoms. The first-order valence-corrected chi connectivity index (χ1v) is 8.72. The zero-order valence-electron chi connectivity index (χ0n) is 15.0. The maximum atomic E-state index is 12.0. The van der Waals surface area contributed by atoms with Crippen LogP contribution in [0, 0.1) is 0 Å². The molecule has 1 atom stereocenters. The number of rotatable bonds is 10. The van der Waals surface area contributed by atoms with Gasteiger partial charge in [-0.2, -0.15) is 0 Å². The average molecular weight is 371 g/mol. The second-order valence-corrected chi connectivity index (χ2v) is 6.15. The molecule has 1 amide bonds. The van der Waals surface area contributed by atoms with Crippen LogP contribution < -0.4 is 22.1 Å². The molecule has 0 aliphatic carbocycles. The number of hydrogen-bond donors (Lipinski definition) is 5. The number of carboxylic acids is 1. The van der Waals surface area contributed by atoms with E-state index in [1.807, 2.05) is 42.5 Å². The molecule has 144 valence electrons. The standard InChI is InChI=1S/C19H25N5O3/c20-19(21)23-10-4-9-16(18(26)27)24-17(25)12-22-11-14-7-3-6-13-5-1-2-8-15(13)14/h1-3,5-8,16,22H,4,9-12H2,(H,24,25)(H,26,27)(H4,20,21,23). The van der Waals surface area contributed by atoms with Gasteiger partial charge >= 0.3 is 5.97 Å². The van der Waals surface area contributed by atoms with Crippen molar-refractivity contribution in [2.24, 2.45) is 16.5 Å². The van der Waals surface area contributed by atoms with Crippen molar-refractivity contribution < 1.29 is 14.7 Å². The fourth-order valence-corrected chi connectivity index (χ4v) is 2.76. The second kappa shape index (κ2) is 10.1. The van der Waals surface area contributed by atoms with Crippen molar-refractivity contribution in [2.75, 3.05) is 13.1 Å². The van der Waals surface area contributed by atoms with Gasteiger partial charge < -0.3 is 27.2 Å². The van der Waals surface area contributed by atoms with Crippen LogP contribution in [-0.2, 0) is 16.1 Å². The lowest BCUT2D eigenvalue weighted by Crippen LogP contribution is -2.44. The number of nitrogens with one attached hydrogen (secondary N) is 2. The van der Waals surface area contributed by atoms with Crippen LogP contribution in [0.5, 0.6) is 0 Å². The van der Waals surface area contributed by atoms with Crippen LogP contribution in [0.25, 0.3) is 10.8 Å². The van der Waals surface area contributed by atoms with Gasteiger partial charge in [-0.05, 0) is 29.2 Å². The number of guanidine groups is 1. The Hall–Kier alpha value is -3.13. The minimum atomic E-state index is -1.08. The first-order chi connectivity index (χ1) is 13.0. The van der Waals surface area contributed by atoms with E-state index < -0.39 is 12.0 Å². The smallest absolute Gasteiger partial charge is 0.326 e. The molecule has 2 aromatic carbocycles. The third kappa shape index (κ3) is 6.59. The van der Waals surface area contributed by atoms with Crippen molar-refractivity contribution in [3.8, 4) is 0 Å². The molecule has 0 saturated carbocycles. The van der Waals surface area contributed by atoms with Gasteiger partial charge in [-0.25, -0.2) is 4.79 Å². The monoisotopic (exact) mass is 371 g/mol. The summed E-state index contributed by atoms with van der Waals surface area (Å²) in [6.07, 6.45) is 0.708. The fraction of sp³-hybridized carbons (Fsp3) is 0.316. The number of aliphatic imine (C=N–C) groups is 1. The third-order valence-corrected chi connectivity index (χ3v) is 4.06. The van der Waals surface area contributed by atoms with Gasteiger partial charge in [-0.3, -0.25) is 9.79 Å². The molecule has 8 heteroatoms. The molecule has 2 rings (SSSR count). The summed E-state index contributed by atoms with van der Waals surface area (Å²) >= 11 is 0. The Labute approximate surface area is 157 Å². The maximum Gasteiger partial charge on any atom is 0.326 e. The summed E-state index contributed by atoms with van der Waals surface area (Å²) < 4.78 is 0. The van der Waals surface area contributed by atoms with E-state index in [1.54, 1.807) is 0 Å². The Morgan fingerprint density at radius 3 is 2.59 bits per heavy atom. The zero-order chi connectivity index (χ0) is 19.6. The highest BCUT2D eigenvalue weighted by atomic mass is 16.4. The van der Waals surface area contributed by atoms with Crippen molar-refractivity contribution in [3.05, 3.63) is 48.0 Å². The lowest BCUT2D eigenvalue weighted by atomic mass is 10.0. The predicted molar refractivity (Wildman–Crippen MR) is 105 cm³/mol. The average Bonchev–Trinajstić information content (AvgIpc) is 2.64. The van der Waals surface area contributed by atoms with Crippen LogP contribution in [-0.4, -0.2) is 42.1 Å². The van der Waals surface area contributed by atoms with Crippen LogP contribution in [0.15, 0.2) is 47.5 Å². The number of nitrogens with zero attached hydrogens (tertiary/aromatic N) is 1. The molecule has 0 bridgehead atoms. The molecular weight excluding hydrogens is 346 g/mol. The van der Waals surface area contributed by atoms with E-state index in [9.17, 15) is 14.7 Å². The SMILES string of the molecule is NC(N)=NCCCC(NC(=O)CNCc1cccc2ccccc12)C(=O)O. The van der Waals surface area contributed by atoms with Crippen molar-refractivity contribution in [1.29, 1.82) is 0 Å². The fourth-order valence-electron chi connectivity index (χ4n) is 2.76. The number of aliphatic carboxylic acids is 1. The third-order valence-electron chi connectivity index (χ3n) is 4.06. The Kier molecular flexibility index (Phi) is 7.57. The van der Waals surface area contributed by atoms with Crippen molar-refractivity contribution in [1.82, 2.24) is 10.6 Å². The Morgan fingerprint density at radius 1 is 1.11 bits per heavy atom. The van der Waals surface area contributed by atoms with Crippen LogP contribution in [0.2, 0.25) is 0 Å². The van der Waals surface area contributed by atoms with Crippen molar-refractivity contribution in [2.45, 2.75) is 25.4 Å². The molecule has 0 fully saturated rings. The Balaban J connectivity index is 1.81. The number of carbonyl (C=O) groups excluding carboxylic acids is 1. The summed E-state index contributed by atoms with van der Waals surface area (Å²) in [5, 5.41) is 17.1. The summed E-state index contributed by atoms with van der Waals surface area (Å²) in [6.45, 7) is 0.860. The molecular formula is C19H25N5O3. The highest BCUT2D eigenvalue weighted by Crippen LogP contribution is 2.18. The first-order valence-electron chi connectivity index (χ1n) is 8.72. The predicted octanol–water partition coefficient (Wildman–Crippen LogP) is 0.552. The molecule has 0 aliphatic heterocycles. The number of carbonyl (C=O) groups is 2. The van der Waals surface area contributed by atoms with Crippen LogP contribution in [0.4, 0.5) is 0 Å². The normalized spacial score (nSPS) is 11.7. The van der Waals surface area contributed by atoms with Crippen LogP contribution in [0.3, 0.4) is 0 Å². The number of fused-ring (bicyclic) bond motifs is 1. The number of amides is 1. The van der Waals surface area contributed by atoms with E-state index in [1.165, 1.54) is 0 Å². The van der Waals surface area contributed by atoms with Crippen LogP contribution >= 0.6 is 0 Å². The van der Waals surface area contributed by atoms with E-state index in [4.69, 9.17) is 11.5 Å². The minimum absolute atomic E-state index is 0.0287. The van der Waals surface area contributed by atoms with Gasteiger partial charge in [0.15, 0.2) is 5.96 Å². The maximum absolute atomic E-state index is 12.0. The summed E-state index contributed by atoms with van der Waals surface area (Å²) in [5.41, 5.74) is 11.5.